The van der Waals surface area contributed by atoms with E-state index < -0.39 is 10.0 Å². The van der Waals surface area contributed by atoms with E-state index in [0.29, 0.717) is 6.42 Å². The molecule has 1 aromatic rings. The van der Waals surface area contributed by atoms with Gasteiger partial charge >= 0.3 is 0 Å². The molecule has 0 atom stereocenters. The molecule has 0 heterocycles. The molecule has 16 heavy (non-hydrogen) atoms. The Hall–Kier alpha value is -1.18. The van der Waals surface area contributed by atoms with Crippen LogP contribution in [0.1, 0.15) is 5.56 Å². The van der Waals surface area contributed by atoms with Crippen molar-refractivity contribution in [2.75, 3.05) is 5.75 Å². The van der Waals surface area contributed by atoms with Crippen molar-refractivity contribution in [2.45, 2.75) is 6.42 Å². The third-order valence-corrected chi connectivity index (χ3v) is 3.09. The lowest BCUT2D eigenvalue weighted by Crippen LogP contribution is -2.45. The van der Waals surface area contributed by atoms with Gasteiger partial charge in [-0.2, -0.15) is 0 Å². The first-order valence-corrected chi connectivity index (χ1v) is 6.64. The summed E-state index contributed by atoms with van der Waals surface area (Å²) in [5.41, 5.74) is 8.25. The highest BCUT2D eigenvalue weighted by Gasteiger charge is 2.09. The molecule has 0 saturated carbocycles. The number of nitrogens with two attached hydrogens (primary N) is 1. The van der Waals surface area contributed by atoms with Gasteiger partial charge in [-0.25, -0.2) is 8.42 Å². The third kappa shape index (κ3) is 5.06. The van der Waals surface area contributed by atoms with Gasteiger partial charge in [0.15, 0.2) is 5.11 Å². The van der Waals surface area contributed by atoms with E-state index in [9.17, 15) is 8.42 Å². The zero-order valence-electron chi connectivity index (χ0n) is 8.51. The number of hydrazine groups is 1. The number of aryl methyl sites for hydroxylation is 1. The minimum atomic E-state index is -3.40. The summed E-state index contributed by atoms with van der Waals surface area (Å²) in [6, 6.07) is 9.35. The zero-order valence-corrected chi connectivity index (χ0v) is 10.1. The molecule has 1 aromatic carbocycles. The van der Waals surface area contributed by atoms with E-state index in [-0.39, 0.29) is 10.9 Å². The number of hydrogen-bond acceptors (Lipinski definition) is 3. The van der Waals surface area contributed by atoms with Crippen molar-refractivity contribution < 1.29 is 8.42 Å². The maximum Gasteiger partial charge on any atom is 0.228 e. The van der Waals surface area contributed by atoms with Crippen LogP contribution in [0.4, 0.5) is 0 Å². The van der Waals surface area contributed by atoms with E-state index in [1.165, 1.54) is 0 Å². The fourth-order valence-corrected chi connectivity index (χ4v) is 2.06. The van der Waals surface area contributed by atoms with Gasteiger partial charge in [0.2, 0.25) is 10.0 Å². The van der Waals surface area contributed by atoms with Crippen LogP contribution in [0.3, 0.4) is 0 Å². The predicted molar refractivity (Wildman–Crippen MR) is 67.0 cm³/mol. The van der Waals surface area contributed by atoms with Crippen molar-refractivity contribution in [1.82, 2.24) is 10.3 Å². The second-order valence-corrected chi connectivity index (χ2v) is 5.43. The first kappa shape index (κ1) is 12.9. The molecule has 0 unspecified atom stereocenters. The minimum absolute atomic E-state index is 0.0212. The lowest BCUT2D eigenvalue weighted by atomic mass is 10.2. The molecule has 0 bridgehead atoms. The summed E-state index contributed by atoms with van der Waals surface area (Å²) in [7, 11) is -3.40. The Labute approximate surface area is 100 Å². The summed E-state index contributed by atoms with van der Waals surface area (Å²) in [6.45, 7) is 0. The first-order chi connectivity index (χ1) is 7.49. The second kappa shape index (κ2) is 5.78. The summed E-state index contributed by atoms with van der Waals surface area (Å²) in [5.74, 6) is -0.0212. The molecule has 0 aliphatic heterocycles. The standard InChI is InChI=1S/C9H13N3O2S2/c10-9(15)11-12-16(13,14)7-6-8-4-2-1-3-5-8/h1-5,12H,6-7H2,(H3,10,11,15). The van der Waals surface area contributed by atoms with Crippen LogP contribution in [0.5, 0.6) is 0 Å². The van der Waals surface area contributed by atoms with Crippen molar-refractivity contribution in [3.8, 4) is 0 Å². The molecule has 1 rings (SSSR count). The molecule has 0 spiro atoms. The van der Waals surface area contributed by atoms with Crippen LogP contribution in [-0.4, -0.2) is 19.3 Å². The third-order valence-electron chi connectivity index (χ3n) is 1.83. The smallest absolute Gasteiger partial charge is 0.228 e. The monoisotopic (exact) mass is 259 g/mol. The van der Waals surface area contributed by atoms with Gasteiger partial charge in [0.25, 0.3) is 0 Å². The zero-order chi connectivity index (χ0) is 12.0. The Morgan fingerprint density at radius 2 is 1.94 bits per heavy atom. The van der Waals surface area contributed by atoms with Gasteiger partial charge in [-0.1, -0.05) is 30.3 Å². The van der Waals surface area contributed by atoms with Crippen LogP contribution in [0.2, 0.25) is 0 Å². The highest BCUT2D eigenvalue weighted by atomic mass is 32.2. The van der Waals surface area contributed by atoms with Crippen molar-refractivity contribution in [3.63, 3.8) is 0 Å². The van der Waals surface area contributed by atoms with Crippen LogP contribution in [0, 0.1) is 0 Å². The van der Waals surface area contributed by atoms with Crippen LogP contribution >= 0.6 is 12.2 Å². The van der Waals surface area contributed by atoms with Gasteiger partial charge in [-0.15, -0.1) is 4.83 Å². The van der Waals surface area contributed by atoms with E-state index >= 15 is 0 Å². The molecular weight excluding hydrogens is 246 g/mol. The predicted octanol–water partition coefficient (Wildman–Crippen LogP) is -0.103. The Morgan fingerprint density at radius 3 is 2.50 bits per heavy atom. The topological polar surface area (TPSA) is 84.2 Å². The number of nitrogens with one attached hydrogen (secondary N) is 2. The minimum Gasteiger partial charge on any atom is -0.375 e. The molecular formula is C9H13N3O2S2. The van der Waals surface area contributed by atoms with Gasteiger partial charge < -0.3 is 5.73 Å². The molecule has 88 valence electrons. The van der Waals surface area contributed by atoms with E-state index in [1.54, 1.807) is 0 Å². The van der Waals surface area contributed by atoms with Gasteiger partial charge in [0.05, 0.1) is 5.75 Å². The number of hydrogen-bond donors (Lipinski definition) is 3. The Morgan fingerprint density at radius 1 is 1.31 bits per heavy atom. The van der Waals surface area contributed by atoms with Crippen molar-refractivity contribution in [3.05, 3.63) is 35.9 Å². The van der Waals surface area contributed by atoms with Crippen LogP contribution < -0.4 is 16.0 Å². The fourth-order valence-electron chi connectivity index (χ4n) is 1.08. The number of thiocarbonyl (C=S) groups is 1. The summed E-state index contributed by atoms with van der Waals surface area (Å²) in [5, 5.41) is -0.108. The number of sulfonamides is 1. The molecule has 5 nitrogen and oxygen atoms in total. The molecule has 0 radical (unpaired) electrons. The summed E-state index contributed by atoms with van der Waals surface area (Å²) < 4.78 is 22.8. The van der Waals surface area contributed by atoms with Gasteiger partial charge in [-0.05, 0) is 24.2 Å². The largest absolute Gasteiger partial charge is 0.375 e. The van der Waals surface area contributed by atoms with Crippen LogP contribution in [-0.2, 0) is 16.4 Å². The first-order valence-electron chi connectivity index (χ1n) is 4.58. The molecule has 0 saturated heterocycles. The molecule has 7 heteroatoms. The summed E-state index contributed by atoms with van der Waals surface area (Å²) >= 11 is 4.48. The highest BCUT2D eigenvalue weighted by molar-refractivity contribution is 7.89. The van der Waals surface area contributed by atoms with Crippen LogP contribution in [0.25, 0.3) is 0 Å². The number of benzene rings is 1. The van der Waals surface area contributed by atoms with Crippen molar-refractivity contribution in [1.29, 1.82) is 0 Å². The molecule has 0 fully saturated rings. The Balaban J connectivity index is 2.45. The van der Waals surface area contributed by atoms with Gasteiger partial charge in [0, 0.05) is 0 Å². The van der Waals surface area contributed by atoms with E-state index in [2.05, 4.69) is 22.5 Å². The van der Waals surface area contributed by atoms with Gasteiger partial charge in [-0.3, -0.25) is 5.43 Å². The average molecular weight is 259 g/mol. The average Bonchev–Trinajstić information content (AvgIpc) is 2.26. The van der Waals surface area contributed by atoms with Crippen molar-refractivity contribution >= 4 is 27.4 Å². The lowest BCUT2D eigenvalue weighted by Gasteiger charge is -2.07. The summed E-state index contributed by atoms with van der Waals surface area (Å²) in [4.78, 5) is 2.08. The number of rotatable bonds is 5. The van der Waals surface area contributed by atoms with E-state index in [1.807, 2.05) is 30.3 Å². The molecule has 4 N–H and O–H groups in total. The normalized spacial score (nSPS) is 11.0. The molecule has 0 aromatic heterocycles. The van der Waals surface area contributed by atoms with E-state index in [0.717, 1.165) is 5.56 Å². The van der Waals surface area contributed by atoms with Gasteiger partial charge in [0.1, 0.15) is 0 Å². The quantitative estimate of drug-likeness (QED) is 0.508. The highest BCUT2D eigenvalue weighted by Crippen LogP contribution is 2.00. The Bertz CT molecular complexity index is 445. The SMILES string of the molecule is NC(=S)NNS(=O)(=O)CCc1ccccc1. The maximum absolute atomic E-state index is 11.4. The van der Waals surface area contributed by atoms with E-state index in [4.69, 9.17) is 5.73 Å². The Kier molecular flexibility index (Phi) is 4.66. The maximum atomic E-state index is 11.4. The fraction of sp³-hybridized carbons (Fsp3) is 0.222. The van der Waals surface area contributed by atoms with Crippen molar-refractivity contribution in [2.24, 2.45) is 5.73 Å². The molecule has 0 aliphatic carbocycles. The lowest BCUT2D eigenvalue weighted by molar-refractivity contribution is 0.577. The molecule has 0 aliphatic rings. The summed E-state index contributed by atoms with van der Waals surface area (Å²) in [6.07, 6.45) is 0.440. The molecule has 0 amide bonds. The second-order valence-electron chi connectivity index (χ2n) is 3.15. The van der Waals surface area contributed by atoms with Crippen LogP contribution in [0.15, 0.2) is 30.3 Å².